The van der Waals surface area contributed by atoms with Crippen LogP contribution in [0.3, 0.4) is 0 Å². The molecule has 0 aromatic rings. The lowest BCUT2D eigenvalue weighted by Gasteiger charge is -2.15. The van der Waals surface area contributed by atoms with E-state index in [4.69, 9.17) is 0 Å². The lowest BCUT2D eigenvalue weighted by atomic mass is 10.1. The zero-order valence-corrected chi connectivity index (χ0v) is 8.95. The molecule has 0 aliphatic carbocycles. The van der Waals surface area contributed by atoms with E-state index in [0.717, 1.165) is 25.7 Å². The van der Waals surface area contributed by atoms with Crippen LogP contribution < -0.4 is 4.72 Å². The summed E-state index contributed by atoms with van der Waals surface area (Å²) in [7, 11) is -3.02. The van der Waals surface area contributed by atoms with Crippen molar-refractivity contribution < 1.29 is 8.42 Å². The predicted molar refractivity (Wildman–Crippen MR) is 51.6 cm³/mol. The molecule has 0 spiro atoms. The molecule has 0 radical (unpaired) electrons. The Morgan fingerprint density at radius 2 is 1.58 bits per heavy atom. The number of hydrogen-bond donors (Lipinski definition) is 1. The molecule has 1 N–H and O–H groups in total. The first-order valence-corrected chi connectivity index (χ1v) is 6.36. The van der Waals surface area contributed by atoms with Crippen molar-refractivity contribution in [2.45, 2.75) is 45.6 Å². The van der Waals surface area contributed by atoms with E-state index in [1.165, 1.54) is 6.26 Å². The van der Waals surface area contributed by atoms with Gasteiger partial charge in [-0.25, -0.2) is 13.1 Å². The van der Waals surface area contributed by atoms with Gasteiger partial charge in [-0.15, -0.1) is 0 Å². The normalized spacial score (nSPS) is 12.3. The maximum absolute atomic E-state index is 10.9. The Kier molecular flexibility index (Phi) is 5.50. The van der Waals surface area contributed by atoms with Crippen molar-refractivity contribution in [3.63, 3.8) is 0 Å². The Bertz CT molecular complexity index is 193. The van der Waals surface area contributed by atoms with E-state index in [2.05, 4.69) is 18.6 Å². The third-order valence-electron chi connectivity index (χ3n) is 1.66. The van der Waals surface area contributed by atoms with Crippen molar-refractivity contribution >= 4 is 10.0 Å². The van der Waals surface area contributed by atoms with Crippen LogP contribution in [0.4, 0.5) is 0 Å². The number of nitrogens with one attached hydrogen (secondary N) is 1. The fourth-order valence-corrected chi connectivity index (χ4v) is 2.10. The van der Waals surface area contributed by atoms with Crippen molar-refractivity contribution in [1.29, 1.82) is 0 Å². The fraction of sp³-hybridized carbons (Fsp3) is 1.00. The Balaban J connectivity index is 3.95. The fourth-order valence-electron chi connectivity index (χ4n) is 1.26. The molecule has 0 saturated heterocycles. The Morgan fingerprint density at radius 1 is 1.17 bits per heavy atom. The van der Waals surface area contributed by atoms with E-state index < -0.39 is 10.0 Å². The summed E-state index contributed by atoms with van der Waals surface area (Å²) in [6, 6.07) is 0.134. The first-order chi connectivity index (χ1) is 5.49. The summed E-state index contributed by atoms with van der Waals surface area (Å²) in [6.45, 7) is 4.12. The molecule has 3 nitrogen and oxygen atoms in total. The van der Waals surface area contributed by atoms with E-state index in [1.807, 2.05) is 0 Å². The van der Waals surface area contributed by atoms with Crippen LogP contribution in [-0.2, 0) is 10.0 Å². The summed E-state index contributed by atoms with van der Waals surface area (Å²) < 4.78 is 24.4. The maximum Gasteiger partial charge on any atom is 0.208 e. The standard InChI is InChI=1S/C8H19NO2S/c1-4-6-8(7-5-2)9-12(3,10)11/h8-9H,4-7H2,1-3H3. The van der Waals surface area contributed by atoms with E-state index in [9.17, 15) is 8.42 Å². The average molecular weight is 193 g/mol. The molecule has 12 heavy (non-hydrogen) atoms. The Labute approximate surface area is 75.6 Å². The minimum absolute atomic E-state index is 0.134. The molecular weight excluding hydrogens is 174 g/mol. The molecule has 0 aromatic carbocycles. The molecule has 0 saturated carbocycles. The van der Waals surface area contributed by atoms with Gasteiger partial charge in [-0.05, 0) is 12.8 Å². The first-order valence-electron chi connectivity index (χ1n) is 4.47. The van der Waals surface area contributed by atoms with Gasteiger partial charge in [-0.3, -0.25) is 0 Å². The Morgan fingerprint density at radius 3 is 1.83 bits per heavy atom. The zero-order chi connectivity index (χ0) is 9.61. The van der Waals surface area contributed by atoms with Crippen molar-refractivity contribution in [3.8, 4) is 0 Å². The maximum atomic E-state index is 10.9. The highest BCUT2D eigenvalue weighted by Crippen LogP contribution is 2.05. The van der Waals surface area contributed by atoms with Gasteiger partial charge in [0.2, 0.25) is 10.0 Å². The number of hydrogen-bond acceptors (Lipinski definition) is 2. The minimum Gasteiger partial charge on any atom is -0.213 e. The van der Waals surface area contributed by atoms with Gasteiger partial charge in [0.25, 0.3) is 0 Å². The second-order valence-electron chi connectivity index (χ2n) is 3.16. The van der Waals surface area contributed by atoms with Crippen LogP contribution in [0.15, 0.2) is 0 Å². The largest absolute Gasteiger partial charge is 0.213 e. The van der Waals surface area contributed by atoms with Gasteiger partial charge in [0.05, 0.1) is 6.26 Å². The van der Waals surface area contributed by atoms with Gasteiger partial charge in [-0.1, -0.05) is 26.7 Å². The predicted octanol–water partition coefficient (Wildman–Crippen LogP) is 1.50. The van der Waals surface area contributed by atoms with E-state index in [1.54, 1.807) is 0 Å². The molecular formula is C8H19NO2S. The smallest absolute Gasteiger partial charge is 0.208 e. The molecule has 0 aliphatic heterocycles. The molecule has 0 rings (SSSR count). The second-order valence-corrected chi connectivity index (χ2v) is 4.94. The van der Waals surface area contributed by atoms with Crippen LogP contribution in [0, 0.1) is 0 Å². The summed E-state index contributed by atoms with van der Waals surface area (Å²) in [5.74, 6) is 0. The third kappa shape index (κ3) is 6.61. The highest BCUT2D eigenvalue weighted by molar-refractivity contribution is 7.88. The minimum atomic E-state index is -3.02. The van der Waals surface area contributed by atoms with Crippen LogP contribution in [0.25, 0.3) is 0 Å². The zero-order valence-electron chi connectivity index (χ0n) is 8.13. The quantitative estimate of drug-likeness (QED) is 0.695. The Hall–Kier alpha value is -0.0900. The van der Waals surface area contributed by atoms with Gasteiger partial charge in [0.15, 0.2) is 0 Å². The number of sulfonamides is 1. The van der Waals surface area contributed by atoms with E-state index >= 15 is 0 Å². The van der Waals surface area contributed by atoms with Crippen LogP contribution >= 0.6 is 0 Å². The van der Waals surface area contributed by atoms with Gasteiger partial charge in [-0.2, -0.15) is 0 Å². The van der Waals surface area contributed by atoms with Crippen molar-refractivity contribution in [2.75, 3.05) is 6.26 Å². The van der Waals surface area contributed by atoms with Crippen LogP contribution in [0.1, 0.15) is 39.5 Å². The average Bonchev–Trinajstić information content (AvgIpc) is 1.84. The second kappa shape index (κ2) is 5.54. The molecule has 0 aliphatic rings. The van der Waals surface area contributed by atoms with Crippen molar-refractivity contribution in [2.24, 2.45) is 0 Å². The summed E-state index contributed by atoms with van der Waals surface area (Å²) in [4.78, 5) is 0. The van der Waals surface area contributed by atoms with Crippen LogP contribution in [0.5, 0.6) is 0 Å². The molecule has 0 aromatic heterocycles. The molecule has 4 heteroatoms. The van der Waals surface area contributed by atoms with Crippen molar-refractivity contribution in [1.82, 2.24) is 4.72 Å². The van der Waals surface area contributed by atoms with Crippen LogP contribution in [0.2, 0.25) is 0 Å². The third-order valence-corrected chi connectivity index (χ3v) is 2.42. The van der Waals surface area contributed by atoms with E-state index in [0.29, 0.717) is 0 Å². The lowest BCUT2D eigenvalue weighted by molar-refractivity contribution is 0.496. The molecule has 0 fully saturated rings. The molecule has 0 atom stereocenters. The highest BCUT2D eigenvalue weighted by atomic mass is 32.2. The SMILES string of the molecule is CCCC(CCC)NS(C)(=O)=O. The van der Waals surface area contributed by atoms with Crippen LogP contribution in [-0.4, -0.2) is 20.7 Å². The molecule has 0 amide bonds. The summed E-state index contributed by atoms with van der Waals surface area (Å²) in [6.07, 6.45) is 5.12. The summed E-state index contributed by atoms with van der Waals surface area (Å²) in [5.41, 5.74) is 0. The monoisotopic (exact) mass is 193 g/mol. The first kappa shape index (κ1) is 11.9. The van der Waals surface area contributed by atoms with Crippen molar-refractivity contribution in [3.05, 3.63) is 0 Å². The highest BCUT2D eigenvalue weighted by Gasteiger charge is 2.10. The van der Waals surface area contributed by atoms with Gasteiger partial charge < -0.3 is 0 Å². The number of rotatable bonds is 6. The summed E-state index contributed by atoms with van der Waals surface area (Å²) in [5, 5.41) is 0. The molecule has 0 unspecified atom stereocenters. The topological polar surface area (TPSA) is 46.2 Å². The lowest BCUT2D eigenvalue weighted by Crippen LogP contribution is -2.33. The van der Waals surface area contributed by atoms with Gasteiger partial charge >= 0.3 is 0 Å². The molecule has 0 heterocycles. The summed E-state index contributed by atoms with van der Waals surface area (Å²) >= 11 is 0. The van der Waals surface area contributed by atoms with Gasteiger partial charge in [0.1, 0.15) is 0 Å². The molecule has 74 valence electrons. The van der Waals surface area contributed by atoms with Gasteiger partial charge in [0, 0.05) is 6.04 Å². The van der Waals surface area contributed by atoms with E-state index in [-0.39, 0.29) is 6.04 Å². The molecule has 0 bridgehead atoms.